The Morgan fingerprint density at radius 1 is 0.861 bits per heavy atom. The highest BCUT2D eigenvalue weighted by Crippen LogP contribution is 2.18. The van der Waals surface area contributed by atoms with Crippen molar-refractivity contribution in [1.82, 2.24) is 0 Å². The normalized spacial score (nSPS) is 12.3. The van der Waals surface area contributed by atoms with E-state index in [2.05, 4.69) is 63.5 Å². The fraction of sp³-hybridized carbons (Fsp3) is 0.594. The first-order valence-electron chi connectivity index (χ1n) is 14.1. The predicted molar refractivity (Wildman–Crippen MR) is 150 cm³/mol. The van der Waals surface area contributed by atoms with Crippen molar-refractivity contribution in [3.63, 3.8) is 0 Å². The molecule has 0 spiro atoms. The Morgan fingerprint density at radius 2 is 1.53 bits per heavy atom. The molecule has 2 rings (SSSR count). The van der Waals surface area contributed by atoms with Crippen LogP contribution in [0.15, 0.2) is 54.6 Å². The monoisotopic (exact) mass is 496 g/mol. The van der Waals surface area contributed by atoms with Crippen molar-refractivity contribution in [2.75, 3.05) is 27.2 Å². The van der Waals surface area contributed by atoms with Gasteiger partial charge in [0, 0.05) is 12.0 Å². The fourth-order valence-corrected chi connectivity index (χ4v) is 4.49. The number of esters is 1. The maximum atomic E-state index is 12.3. The zero-order chi connectivity index (χ0) is 26.1. The number of ether oxygens (including phenoxy) is 2. The van der Waals surface area contributed by atoms with Gasteiger partial charge in [-0.3, -0.25) is 4.79 Å². The molecule has 4 heteroatoms. The van der Waals surface area contributed by atoms with Crippen LogP contribution in [0, 0.1) is 0 Å². The molecule has 0 heterocycles. The summed E-state index contributed by atoms with van der Waals surface area (Å²) in [4.78, 5) is 12.3. The third-order valence-electron chi connectivity index (χ3n) is 6.72. The van der Waals surface area contributed by atoms with Crippen LogP contribution >= 0.6 is 0 Å². The SMILES string of the molecule is CCCCCCCCCCc1cccc(OC(C)CCOC(=O)CC[N+](C)(C)Cc2ccccc2)c1. The molecule has 0 N–H and O–H groups in total. The van der Waals surface area contributed by atoms with Gasteiger partial charge < -0.3 is 14.0 Å². The molecule has 0 amide bonds. The van der Waals surface area contributed by atoms with Crippen LogP contribution in [0.2, 0.25) is 0 Å². The van der Waals surface area contributed by atoms with Gasteiger partial charge in [0.05, 0.1) is 39.8 Å². The summed E-state index contributed by atoms with van der Waals surface area (Å²) in [6, 6.07) is 18.9. The molecule has 36 heavy (non-hydrogen) atoms. The van der Waals surface area contributed by atoms with Crippen LogP contribution in [0.3, 0.4) is 0 Å². The number of hydrogen-bond acceptors (Lipinski definition) is 3. The molecule has 2 aromatic rings. The highest BCUT2D eigenvalue weighted by Gasteiger charge is 2.18. The maximum absolute atomic E-state index is 12.3. The number of benzene rings is 2. The van der Waals surface area contributed by atoms with Crippen LogP contribution in [-0.2, 0) is 22.5 Å². The van der Waals surface area contributed by atoms with E-state index in [9.17, 15) is 4.79 Å². The van der Waals surface area contributed by atoms with Gasteiger partial charge in [0.1, 0.15) is 12.3 Å². The van der Waals surface area contributed by atoms with Gasteiger partial charge in [0.15, 0.2) is 0 Å². The number of quaternary nitrogens is 1. The van der Waals surface area contributed by atoms with Crippen LogP contribution in [0.5, 0.6) is 5.75 Å². The standard InChI is InChI=1S/C32H50NO3/c1-5-6-7-8-9-10-11-13-17-29-20-16-21-31(26-29)36-28(2)23-25-35-32(34)22-24-33(3,4)27-30-18-14-12-15-19-30/h12,14-16,18-21,26,28H,5-11,13,17,22-25,27H2,1-4H3/q+1. The lowest BCUT2D eigenvalue weighted by Gasteiger charge is -2.29. The van der Waals surface area contributed by atoms with E-state index < -0.39 is 0 Å². The Labute approximate surface area is 220 Å². The van der Waals surface area contributed by atoms with Crippen molar-refractivity contribution in [2.24, 2.45) is 0 Å². The number of nitrogens with zero attached hydrogens (tertiary/aromatic N) is 1. The summed E-state index contributed by atoms with van der Waals surface area (Å²) in [5, 5.41) is 0. The lowest BCUT2D eigenvalue weighted by atomic mass is 10.0. The Morgan fingerprint density at radius 3 is 2.25 bits per heavy atom. The van der Waals surface area contributed by atoms with E-state index in [4.69, 9.17) is 9.47 Å². The van der Waals surface area contributed by atoms with Crippen LogP contribution in [0.25, 0.3) is 0 Å². The van der Waals surface area contributed by atoms with E-state index >= 15 is 0 Å². The molecule has 0 aliphatic heterocycles. The molecular formula is C32H50NO3+. The van der Waals surface area contributed by atoms with E-state index in [1.54, 1.807) is 0 Å². The molecule has 0 saturated heterocycles. The first-order chi connectivity index (χ1) is 17.4. The number of aryl methyl sites for hydroxylation is 1. The topological polar surface area (TPSA) is 35.5 Å². The molecule has 4 nitrogen and oxygen atoms in total. The quantitative estimate of drug-likeness (QED) is 0.113. The largest absolute Gasteiger partial charge is 0.491 e. The second-order valence-electron chi connectivity index (χ2n) is 10.9. The highest BCUT2D eigenvalue weighted by atomic mass is 16.5. The van der Waals surface area contributed by atoms with E-state index in [-0.39, 0.29) is 12.1 Å². The molecule has 200 valence electrons. The molecule has 1 atom stereocenters. The highest BCUT2D eigenvalue weighted by molar-refractivity contribution is 5.69. The Bertz CT molecular complexity index is 849. The third kappa shape index (κ3) is 13.7. The number of hydrogen-bond donors (Lipinski definition) is 0. The van der Waals surface area contributed by atoms with Crippen molar-refractivity contribution in [3.05, 3.63) is 65.7 Å². The minimum atomic E-state index is -0.131. The van der Waals surface area contributed by atoms with Crippen molar-refractivity contribution in [2.45, 2.75) is 97.1 Å². The average Bonchev–Trinajstić information content (AvgIpc) is 2.85. The summed E-state index contributed by atoms with van der Waals surface area (Å²) in [5.74, 6) is 0.777. The average molecular weight is 497 g/mol. The molecule has 0 radical (unpaired) electrons. The summed E-state index contributed by atoms with van der Waals surface area (Å²) >= 11 is 0. The number of carbonyl (C=O) groups is 1. The summed E-state index contributed by atoms with van der Waals surface area (Å²) < 4.78 is 12.4. The first kappa shape index (κ1) is 29.9. The van der Waals surface area contributed by atoms with Crippen molar-refractivity contribution in [3.8, 4) is 5.75 Å². The second kappa shape index (κ2) is 17.2. The van der Waals surface area contributed by atoms with E-state index in [0.29, 0.717) is 19.4 Å². The van der Waals surface area contributed by atoms with Gasteiger partial charge in [-0.15, -0.1) is 0 Å². The predicted octanol–water partition coefficient (Wildman–Crippen LogP) is 7.74. The van der Waals surface area contributed by atoms with Gasteiger partial charge in [0.2, 0.25) is 0 Å². The summed E-state index contributed by atoms with van der Waals surface area (Å²) in [6.45, 7) is 6.36. The molecule has 0 aliphatic carbocycles. The first-order valence-corrected chi connectivity index (χ1v) is 14.1. The molecule has 2 aromatic carbocycles. The number of carbonyl (C=O) groups excluding carboxylic acids is 1. The zero-order valence-electron chi connectivity index (χ0n) is 23.3. The molecule has 0 bridgehead atoms. The van der Waals surface area contributed by atoms with Crippen LogP contribution < -0.4 is 4.74 Å². The molecule has 0 aromatic heterocycles. The number of unbranched alkanes of at least 4 members (excludes halogenated alkanes) is 7. The minimum Gasteiger partial charge on any atom is -0.491 e. The molecular weight excluding hydrogens is 446 g/mol. The van der Waals surface area contributed by atoms with Crippen LogP contribution in [0.1, 0.15) is 89.2 Å². The van der Waals surface area contributed by atoms with Gasteiger partial charge in [0.25, 0.3) is 0 Å². The van der Waals surface area contributed by atoms with E-state index in [1.165, 1.54) is 62.5 Å². The summed E-state index contributed by atoms with van der Waals surface area (Å²) in [6.07, 6.45) is 13.0. The van der Waals surface area contributed by atoms with Crippen molar-refractivity contribution >= 4 is 5.97 Å². The van der Waals surface area contributed by atoms with Gasteiger partial charge >= 0.3 is 5.97 Å². The zero-order valence-corrected chi connectivity index (χ0v) is 23.3. The number of rotatable bonds is 19. The maximum Gasteiger partial charge on any atom is 0.311 e. The van der Waals surface area contributed by atoms with Gasteiger partial charge in [-0.1, -0.05) is 94.3 Å². The fourth-order valence-electron chi connectivity index (χ4n) is 4.49. The third-order valence-corrected chi connectivity index (χ3v) is 6.72. The second-order valence-corrected chi connectivity index (χ2v) is 10.9. The van der Waals surface area contributed by atoms with Crippen molar-refractivity contribution < 1.29 is 18.8 Å². The van der Waals surface area contributed by atoms with Crippen molar-refractivity contribution in [1.29, 1.82) is 0 Å². The Hall–Kier alpha value is -2.33. The molecule has 0 fully saturated rings. The summed E-state index contributed by atoms with van der Waals surface area (Å²) in [5.41, 5.74) is 2.62. The van der Waals surface area contributed by atoms with Gasteiger partial charge in [-0.25, -0.2) is 0 Å². The lowest BCUT2D eigenvalue weighted by molar-refractivity contribution is -0.903. The van der Waals surface area contributed by atoms with Gasteiger partial charge in [-0.2, -0.15) is 0 Å². The smallest absolute Gasteiger partial charge is 0.311 e. The van der Waals surface area contributed by atoms with Gasteiger partial charge in [-0.05, 0) is 37.5 Å². The molecule has 1 unspecified atom stereocenters. The minimum absolute atomic E-state index is 0.00136. The lowest BCUT2D eigenvalue weighted by Crippen LogP contribution is -2.40. The van der Waals surface area contributed by atoms with Crippen LogP contribution in [-0.4, -0.2) is 43.8 Å². The molecule has 0 saturated carbocycles. The summed E-state index contributed by atoms with van der Waals surface area (Å²) in [7, 11) is 4.30. The Kier molecular flexibility index (Phi) is 14.3. The van der Waals surface area contributed by atoms with E-state index in [1.807, 2.05) is 19.1 Å². The molecule has 0 aliphatic rings. The van der Waals surface area contributed by atoms with Crippen LogP contribution in [0.4, 0.5) is 0 Å². The van der Waals surface area contributed by atoms with E-state index in [0.717, 1.165) is 29.7 Å². The Balaban J connectivity index is 1.59.